The van der Waals surface area contributed by atoms with E-state index in [0.29, 0.717) is 11.8 Å². The van der Waals surface area contributed by atoms with E-state index in [2.05, 4.69) is 97.1 Å². The van der Waals surface area contributed by atoms with Gasteiger partial charge in [0.1, 0.15) is 0 Å². The lowest BCUT2D eigenvalue weighted by Gasteiger charge is -2.20. The number of allylic oxidation sites excluding steroid dienone is 2. The largest absolute Gasteiger partial charge is 0.0725 e. The van der Waals surface area contributed by atoms with Crippen molar-refractivity contribution < 1.29 is 0 Å². The van der Waals surface area contributed by atoms with Crippen LogP contribution in [-0.2, 0) is 0 Å². The summed E-state index contributed by atoms with van der Waals surface area (Å²) >= 11 is 0. The van der Waals surface area contributed by atoms with Crippen LogP contribution in [0, 0.1) is 0 Å². The van der Waals surface area contributed by atoms with Crippen LogP contribution < -0.4 is 0 Å². The van der Waals surface area contributed by atoms with Gasteiger partial charge in [0.15, 0.2) is 0 Å². The molecule has 0 fully saturated rings. The molecule has 0 saturated carbocycles. The van der Waals surface area contributed by atoms with E-state index in [4.69, 9.17) is 0 Å². The maximum Gasteiger partial charge on any atom is 0.00959 e. The fourth-order valence-corrected chi connectivity index (χ4v) is 3.66. The number of rotatable bonds is 3. The second kappa shape index (κ2) is 6.26. The molecule has 3 aromatic carbocycles. The van der Waals surface area contributed by atoms with Crippen LogP contribution in [0.3, 0.4) is 0 Å². The van der Waals surface area contributed by atoms with Gasteiger partial charge in [0.05, 0.1) is 0 Å². The molecule has 1 aliphatic rings. The molecule has 0 unspecified atom stereocenters. The Balaban J connectivity index is 1.75. The van der Waals surface area contributed by atoms with Crippen molar-refractivity contribution >= 4 is 5.57 Å². The lowest BCUT2D eigenvalue weighted by Crippen LogP contribution is -2.04. The van der Waals surface area contributed by atoms with Crippen LogP contribution in [0.5, 0.6) is 0 Å². The standard InChI is InChI=1S/C23H20/c1-4-10-18(11-5-1)21-16-22(19-12-6-2-7-13-19)23(17-21)20-14-8-3-9-15-20/h1-16,22-23H,17H2/t22-,23+/m1/s1. The molecule has 0 aromatic heterocycles. The van der Waals surface area contributed by atoms with Crippen LogP contribution in [0.1, 0.15) is 34.9 Å². The van der Waals surface area contributed by atoms with Crippen molar-refractivity contribution in [2.45, 2.75) is 18.3 Å². The van der Waals surface area contributed by atoms with Crippen LogP contribution in [0.2, 0.25) is 0 Å². The molecule has 3 aromatic rings. The predicted molar refractivity (Wildman–Crippen MR) is 97.4 cm³/mol. The molecule has 0 amide bonds. The Morgan fingerprint density at radius 2 is 1.09 bits per heavy atom. The van der Waals surface area contributed by atoms with Gasteiger partial charge < -0.3 is 0 Å². The SMILES string of the molecule is C1=C(c2ccccc2)C[C@@H](c2ccccc2)[C@H]1c1ccccc1. The smallest absolute Gasteiger partial charge is 0.00959 e. The van der Waals surface area contributed by atoms with E-state index in [1.165, 1.54) is 22.3 Å². The summed E-state index contributed by atoms with van der Waals surface area (Å²) in [5, 5.41) is 0. The van der Waals surface area contributed by atoms with E-state index in [9.17, 15) is 0 Å². The van der Waals surface area contributed by atoms with Gasteiger partial charge in [-0.15, -0.1) is 0 Å². The molecule has 1 aliphatic carbocycles. The van der Waals surface area contributed by atoms with Crippen molar-refractivity contribution in [3.05, 3.63) is 114 Å². The van der Waals surface area contributed by atoms with Crippen molar-refractivity contribution in [3.63, 3.8) is 0 Å². The molecule has 0 spiro atoms. The van der Waals surface area contributed by atoms with Gasteiger partial charge in [-0.05, 0) is 34.6 Å². The topological polar surface area (TPSA) is 0 Å². The Morgan fingerprint density at radius 1 is 0.565 bits per heavy atom. The highest BCUT2D eigenvalue weighted by molar-refractivity contribution is 5.71. The Hall–Kier alpha value is -2.60. The van der Waals surface area contributed by atoms with Gasteiger partial charge in [-0.25, -0.2) is 0 Å². The summed E-state index contributed by atoms with van der Waals surface area (Å²) in [6, 6.07) is 32.6. The van der Waals surface area contributed by atoms with Gasteiger partial charge in [0.25, 0.3) is 0 Å². The van der Waals surface area contributed by atoms with Crippen LogP contribution in [0.15, 0.2) is 97.1 Å². The first-order valence-electron chi connectivity index (χ1n) is 8.28. The molecule has 0 heterocycles. The molecule has 0 nitrogen and oxygen atoms in total. The summed E-state index contributed by atoms with van der Waals surface area (Å²) in [6.07, 6.45) is 3.58. The highest BCUT2D eigenvalue weighted by Gasteiger charge is 2.30. The van der Waals surface area contributed by atoms with Crippen LogP contribution in [0.25, 0.3) is 5.57 Å². The van der Waals surface area contributed by atoms with Crippen molar-refractivity contribution in [2.75, 3.05) is 0 Å². The van der Waals surface area contributed by atoms with Gasteiger partial charge in [0.2, 0.25) is 0 Å². The third-order valence-electron chi connectivity index (χ3n) is 4.81. The first-order chi connectivity index (χ1) is 11.4. The maximum atomic E-state index is 2.47. The second-order valence-corrected chi connectivity index (χ2v) is 6.22. The Kier molecular flexibility index (Phi) is 3.81. The monoisotopic (exact) mass is 296 g/mol. The molecule has 112 valence electrons. The molecule has 23 heavy (non-hydrogen) atoms. The zero-order valence-corrected chi connectivity index (χ0v) is 13.1. The Bertz CT molecular complexity index is 785. The Morgan fingerprint density at radius 3 is 1.70 bits per heavy atom. The predicted octanol–water partition coefficient (Wildman–Crippen LogP) is 6.04. The van der Waals surface area contributed by atoms with Gasteiger partial charge in [0, 0.05) is 5.92 Å². The molecule has 0 saturated heterocycles. The summed E-state index contributed by atoms with van der Waals surface area (Å²) in [5.74, 6) is 0.975. The molecule has 0 radical (unpaired) electrons. The van der Waals surface area contributed by atoms with Crippen molar-refractivity contribution in [1.29, 1.82) is 0 Å². The van der Waals surface area contributed by atoms with Crippen LogP contribution in [-0.4, -0.2) is 0 Å². The summed E-state index contributed by atoms with van der Waals surface area (Å²) < 4.78 is 0. The molecule has 4 rings (SSSR count). The summed E-state index contributed by atoms with van der Waals surface area (Å²) in [5.41, 5.74) is 5.66. The highest BCUT2D eigenvalue weighted by Crippen LogP contribution is 2.47. The molecule has 0 aliphatic heterocycles. The van der Waals surface area contributed by atoms with E-state index >= 15 is 0 Å². The normalized spacial score (nSPS) is 20.3. The molecule has 0 heteroatoms. The van der Waals surface area contributed by atoms with E-state index < -0.39 is 0 Å². The van der Waals surface area contributed by atoms with Gasteiger partial charge in [-0.2, -0.15) is 0 Å². The molecule has 0 N–H and O–H groups in total. The van der Waals surface area contributed by atoms with Crippen molar-refractivity contribution in [2.24, 2.45) is 0 Å². The van der Waals surface area contributed by atoms with E-state index in [0.717, 1.165) is 6.42 Å². The average molecular weight is 296 g/mol. The summed E-state index contributed by atoms with van der Waals surface area (Å²) in [7, 11) is 0. The first kappa shape index (κ1) is 14.0. The fraction of sp³-hybridized carbons (Fsp3) is 0.130. The minimum Gasteiger partial charge on any atom is -0.0725 e. The molecular formula is C23H20. The number of hydrogen-bond donors (Lipinski definition) is 0. The van der Waals surface area contributed by atoms with E-state index in [-0.39, 0.29) is 0 Å². The van der Waals surface area contributed by atoms with Crippen LogP contribution >= 0.6 is 0 Å². The molecular weight excluding hydrogens is 276 g/mol. The molecule has 2 atom stereocenters. The number of benzene rings is 3. The van der Waals surface area contributed by atoms with Gasteiger partial charge in [-0.3, -0.25) is 0 Å². The highest BCUT2D eigenvalue weighted by atomic mass is 14.3. The number of hydrogen-bond acceptors (Lipinski definition) is 0. The maximum absolute atomic E-state index is 2.47. The second-order valence-electron chi connectivity index (χ2n) is 6.22. The summed E-state index contributed by atoms with van der Waals surface area (Å²) in [4.78, 5) is 0. The molecule has 0 bridgehead atoms. The van der Waals surface area contributed by atoms with E-state index in [1.54, 1.807) is 0 Å². The quantitative estimate of drug-likeness (QED) is 0.552. The van der Waals surface area contributed by atoms with Crippen molar-refractivity contribution in [1.82, 2.24) is 0 Å². The Labute approximate surface area is 138 Å². The van der Waals surface area contributed by atoms with E-state index in [1.807, 2.05) is 0 Å². The summed E-state index contributed by atoms with van der Waals surface area (Å²) in [6.45, 7) is 0. The average Bonchev–Trinajstić information content (AvgIpc) is 3.09. The third kappa shape index (κ3) is 2.85. The van der Waals surface area contributed by atoms with Gasteiger partial charge in [-0.1, -0.05) is 97.1 Å². The lowest BCUT2D eigenvalue weighted by molar-refractivity contribution is 0.668. The minimum absolute atomic E-state index is 0.453. The zero-order valence-electron chi connectivity index (χ0n) is 13.1. The van der Waals surface area contributed by atoms with Crippen molar-refractivity contribution in [3.8, 4) is 0 Å². The lowest BCUT2D eigenvalue weighted by atomic mass is 9.83. The van der Waals surface area contributed by atoms with Crippen LogP contribution in [0.4, 0.5) is 0 Å². The zero-order chi connectivity index (χ0) is 15.5. The first-order valence-corrected chi connectivity index (χ1v) is 8.28. The fourth-order valence-electron chi connectivity index (χ4n) is 3.66. The third-order valence-corrected chi connectivity index (χ3v) is 4.81. The van der Waals surface area contributed by atoms with Gasteiger partial charge >= 0.3 is 0 Å². The minimum atomic E-state index is 0.453.